The molecule has 1 heterocycles. The number of carbonyl (C=O) groups is 1. The summed E-state index contributed by atoms with van der Waals surface area (Å²) in [4.78, 5) is 14.0. The summed E-state index contributed by atoms with van der Waals surface area (Å²) in [6.07, 6.45) is 5.91. The van der Waals surface area contributed by atoms with Gasteiger partial charge in [-0.25, -0.2) is 0 Å². The quantitative estimate of drug-likeness (QED) is 0.780. The molecule has 1 aliphatic carbocycles. The van der Waals surface area contributed by atoms with Crippen molar-refractivity contribution in [2.24, 2.45) is 0 Å². The second-order valence-corrected chi connectivity index (χ2v) is 4.68. The Morgan fingerprint density at radius 1 is 1.38 bits per heavy atom. The molecule has 1 aliphatic heterocycles. The fourth-order valence-electron chi connectivity index (χ4n) is 2.78. The SMILES string of the molecule is O=C(CCCO)N1CCOC2CCCCC21. The van der Waals surface area contributed by atoms with Gasteiger partial charge in [-0.3, -0.25) is 4.79 Å². The van der Waals surface area contributed by atoms with Crippen molar-refractivity contribution >= 4 is 5.91 Å². The Hall–Kier alpha value is -0.610. The van der Waals surface area contributed by atoms with Gasteiger partial charge in [0.2, 0.25) is 5.91 Å². The first-order chi connectivity index (χ1) is 7.83. The Labute approximate surface area is 96.6 Å². The predicted molar refractivity (Wildman–Crippen MR) is 60.0 cm³/mol. The van der Waals surface area contributed by atoms with E-state index in [-0.39, 0.29) is 18.6 Å². The van der Waals surface area contributed by atoms with Gasteiger partial charge < -0.3 is 14.7 Å². The summed E-state index contributed by atoms with van der Waals surface area (Å²) in [6, 6.07) is 0.300. The lowest BCUT2D eigenvalue weighted by molar-refractivity contribution is -0.149. The van der Waals surface area contributed by atoms with Crippen LogP contribution in [0.5, 0.6) is 0 Å². The second-order valence-electron chi connectivity index (χ2n) is 4.68. The first-order valence-electron chi connectivity index (χ1n) is 6.35. The molecule has 1 N–H and O–H groups in total. The normalized spacial score (nSPS) is 29.9. The van der Waals surface area contributed by atoms with Crippen LogP contribution in [0.3, 0.4) is 0 Å². The summed E-state index contributed by atoms with van der Waals surface area (Å²) in [7, 11) is 0. The lowest BCUT2D eigenvalue weighted by atomic mass is 9.90. The molecule has 2 atom stereocenters. The summed E-state index contributed by atoms with van der Waals surface area (Å²) in [6.45, 7) is 1.50. The van der Waals surface area contributed by atoms with Gasteiger partial charge in [0.1, 0.15) is 0 Å². The van der Waals surface area contributed by atoms with Crippen LogP contribution in [0.15, 0.2) is 0 Å². The van der Waals surface area contributed by atoms with Crippen LogP contribution in [0.4, 0.5) is 0 Å². The third-order valence-electron chi connectivity index (χ3n) is 3.60. The highest BCUT2D eigenvalue weighted by Gasteiger charge is 2.36. The lowest BCUT2D eigenvalue weighted by Gasteiger charge is -2.43. The van der Waals surface area contributed by atoms with Gasteiger partial charge in [0, 0.05) is 19.6 Å². The Morgan fingerprint density at radius 2 is 2.19 bits per heavy atom. The van der Waals surface area contributed by atoms with Crippen molar-refractivity contribution in [3.8, 4) is 0 Å². The highest BCUT2D eigenvalue weighted by Crippen LogP contribution is 2.28. The fraction of sp³-hybridized carbons (Fsp3) is 0.917. The van der Waals surface area contributed by atoms with E-state index in [0.29, 0.717) is 25.5 Å². The molecule has 0 radical (unpaired) electrons. The molecule has 1 saturated heterocycles. The van der Waals surface area contributed by atoms with Gasteiger partial charge in [0.15, 0.2) is 0 Å². The number of hydrogen-bond donors (Lipinski definition) is 1. The average molecular weight is 227 g/mol. The molecule has 0 spiro atoms. The largest absolute Gasteiger partial charge is 0.396 e. The molecule has 0 aromatic carbocycles. The van der Waals surface area contributed by atoms with Gasteiger partial charge in [0.25, 0.3) is 0 Å². The van der Waals surface area contributed by atoms with Crippen LogP contribution in [0, 0.1) is 0 Å². The van der Waals surface area contributed by atoms with E-state index >= 15 is 0 Å². The van der Waals surface area contributed by atoms with Crippen molar-refractivity contribution < 1.29 is 14.6 Å². The van der Waals surface area contributed by atoms with E-state index in [9.17, 15) is 4.79 Å². The maximum absolute atomic E-state index is 12.0. The monoisotopic (exact) mass is 227 g/mol. The van der Waals surface area contributed by atoms with E-state index in [1.54, 1.807) is 0 Å². The topological polar surface area (TPSA) is 49.8 Å². The maximum atomic E-state index is 12.0. The number of carbonyl (C=O) groups excluding carboxylic acids is 1. The molecule has 0 aromatic rings. The van der Waals surface area contributed by atoms with Crippen LogP contribution in [0.1, 0.15) is 38.5 Å². The van der Waals surface area contributed by atoms with Gasteiger partial charge in [-0.2, -0.15) is 0 Å². The molecular formula is C12H21NO3. The number of amides is 1. The summed E-state index contributed by atoms with van der Waals surface area (Å²) < 4.78 is 5.72. The zero-order valence-corrected chi connectivity index (χ0v) is 9.73. The number of fused-ring (bicyclic) bond motifs is 1. The zero-order valence-electron chi connectivity index (χ0n) is 9.73. The van der Waals surface area contributed by atoms with Crippen molar-refractivity contribution in [2.75, 3.05) is 19.8 Å². The van der Waals surface area contributed by atoms with Gasteiger partial charge in [-0.1, -0.05) is 12.8 Å². The molecule has 92 valence electrons. The minimum Gasteiger partial charge on any atom is -0.396 e. The van der Waals surface area contributed by atoms with E-state index < -0.39 is 0 Å². The molecule has 2 fully saturated rings. The number of ether oxygens (including phenoxy) is 1. The van der Waals surface area contributed by atoms with E-state index in [1.165, 1.54) is 12.8 Å². The van der Waals surface area contributed by atoms with Gasteiger partial charge >= 0.3 is 0 Å². The first-order valence-corrected chi connectivity index (χ1v) is 6.35. The number of morpholine rings is 1. The molecule has 2 aliphatic rings. The smallest absolute Gasteiger partial charge is 0.223 e. The van der Waals surface area contributed by atoms with Crippen molar-refractivity contribution in [3.05, 3.63) is 0 Å². The number of aliphatic hydroxyl groups excluding tert-OH is 1. The van der Waals surface area contributed by atoms with Crippen molar-refractivity contribution in [3.63, 3.8) is 0 Å². The second kappa shape index (κ2) is 5.64. The average Bonchev–Trinajstić information content (AvgIpc) is 2.35. The van der Waals surface area contributed by atoms with Crippen LogP contribution in [-0.4, -0.2) is 47.8 Å². The summed E-state index contributed by atoms with van der Waals surface area (Å²) >= 11 is 0. The Bertz CT molecular complexity index is 242. The zero-order chi connectivity index (χ0) is 11.4. The summed E-state index contributed by atoms with van der Waals surface area (Å²) in [5.41, 5.74) is 0. The van der Waals surface area contributed by atoms with Crippen molar-refractivity contribution in [1.29, 1.82) is 0 Å². The summed E-state index contributed by atoms with van der Waals surface area (Å²) in [5, 5.41) is 8.75. The standard InChI is InChI=1S/C12H21NO3/c14-8-3-6-12(15)13-7-9-16-11-5-2-1-4-10(11)13/h10-11,14H,1-9H2. The van der Waals surface area contributed by atoms with E-state index in [1.807, 2.05) is 4.90 Å². The fourth-order valence-corrected chi connectivity index (χ4v) is 2.78. The van der Waals surface area contributed by atoms with Crippen LogP contribution in [-0.2, 0) is 9.53 Å². The van der Waals surface area contributed by atoms with Crippen LogP contribution in [0.25, 0.3) is 0 Å². The predicted octanol–water partition coefficient (Wildman–Crippen LogP) is 0.929. The molecule has 0 aromatic heterocycles. The molecule has 2 rings (SSSR count). The molecule has 2 unspecified atom stereocenters. The third-order valence-corrected chi connectivity index (χ3v) is 3.60. The molecule has 1 saturated carbocycles. The summed E-state index contributed by atoms with van der Waals surface area (Å²) in [5.74, 6) is 0.189. The molecule has 16 heavy (non-hydrogen) atoms. The molecular weight excluding hydrogens is 206 g/mol. The highest BCUT2D eigenvalue weighted by atomic mass is 16.5. The first kappa shape index (κ1) is 11.9. The van der Waals surface area contributed by atoms with Crippen LogP contribution >= 0.6 is 0 Å². The Balaban J connectivity index is 1.93. The third kappa shape index (κ3) is 2.55. The van der Waals surface area contributed by atoms with E-state index in [4.69, 9.17) is 9.84 Å². The van der Waals surface area contributed by atoms with Crippen molar-refractivity contribution in [1.82, 2.24) is 4.90 Å². The number of aliphatic hydroxyl groups is 1. The van der Waals surface area contributed by atoms with Crippen molar-refractivity contribution in [2.45, 2.75) is 50.7 Å². The van der Waals surface area contributed by atoms with Crippen LogP contribution in [0.2, 0.25) is 0 Å². The molecule has 0 bridgehead atoms. The van der Waals surface area contributed by atoms with Gasteiger partial charge in [-0.05, 0) is 19.3 Å². The maximum Gasteiger partial charge on any atom is 0.223 e. The van der Waals surface area contributed by atoms with Gasteiger partial charge in [-0.15, -0.1) is 0 Å². The number of nitrogens with zero attached hydrogens (tertiary/aromatic N) is 1. The minimum atomic E-state index is 0.101. The van der Waals surface area contributed by atoms with Gasteiger partial charge in [0.05, 0.1) is 18.8 Å². The Morgan fingerprint density at radius 3 is 3.00 bits per heavy atom. The highest BCUT2D eigenvalue weighted by molar-refractivity contribution is 5.76. The molecule has 4 heteroatoms. The van der Waals surface area contributed by atoms with Crippen LogP contribution < -0.4 is 0 Å². The lowest BCUT2D eigenvalue weighted by Crippen LogP contribution is -2.54. The molecule has 1 amide bonds. The number of rotatable bonds is 3. The Kier molecular flexibility index (Phi) is 4.18. The molecule has 4 nitrogen and oxygen atoms in total. The number of hydrogen-bond acceptors (Lipinski definition) is 3. The van der Waals surface area contributed by atoms with E-state index in [0.717, 1.165) is 19.4 Å². The van der Waals surface area contributed by atoms with E-state index in [2.05, 4.69) is 0 Å². The minimum absolute atomic E-state index is 0.101.